The number of nitrogens with one attached hydrogen (secondary N) is 2. The first-order valence-corrected chi connectivity index (χ1v) is 9.08. The van der Waals surface area contributed by atoms with Gasteiger partial charge in [-0.3, -0.25) is 4.79 Å². The van der Waals surface area contributed by atoms with Crippen molar-refractivity contribution in [3.63, 3.8) is 0 Å². The lowest BCUT2D eigenvalue weighted by Crippen LogP contribution is -2.24. The minimum Gasteiger partial charge on any atom is -0.326 e. The van der Waals surface area contributed by atoms with Gasteiger partial charge in [-0.2, -0.15) is 0 Å². The zero-order chi connectivity index (χ0) is 15.5. The summed E-state index contributed by atoms with van der Waals surface area (Å²) in [5, 5.41) is 6.14. The Hall–Kier alpha value is -1.40. The monoisotopic (exact) mass is 310 g/mol. The summed E-state index contributed by atoms with van der Waals surface area (Å²) in [5.74, 6) is -0.552. The van der Waals surface area contributed by atoms with Gasteiger partial charge in [0.1, 0.15) is 0 Å². The third-order valence-electron chi connectivity index (χ3n) is 3.77. The molecule has 2 N–H and O–H groups in total. The maximum atomic E-state index is 12.1. The van der Waals surface area contributed by atoms with Crippen molar-refractivity contribution in [1.82, 2.24) is 5.32 Å². The Labute approximate surface area is 126 Å². The van der Waals surface area contributed by atoms with E-state index in [1.54, 1.807) is 0 Å². The Bertz CT molecular complexity index is 613. The van der Waals surface area contributed by atoms with Crippen LogP contribution in [0, 0.1) is 5.92 Å². The van der Waals surface area contributed by atoms with Gasteiger partial charge in [-0.1, -0.05) is 19.1 Å². The maximum Gasteiger partial charge on any atom is 0.228 e. The van der Waals surface area contributed by atoms with Crippen molar-refractivity contribution in [2.75, 3.05) is 23.4 Å². The topological polar surface area (TPSA) is 75.3 Å². The number of benzene rings is 1. The molecule has 1 aromatic rings. The molecule has 1 saturated heterocycles. The Kier molecular flexibility index (Phi) is 5.00. The third kappa shape index (κ3) is 4.28. The van der Waals surface area contributed by atoms with E-state index in [9.17, 15) is 13.2 Å². The molecule has 1 amide bonds. The van der Waals surface area contributed by atoms with Gasteiger partial charge < -0.3 is 10.6 Å². The number of anilines is 1. The first-order chi connectivity index (χ1) is 9.91. The fourth-order valence-electron chi connectivity index (χ4n) is 2.56. The second-order valence-electron chi connectivity index (χ2n) is 5.49. The lowest BCUT2D eigenvalue weighted by atomic mass is 10.1. The van der Waals surface area contributed by atoms with E-state index in [1.807, 2.05) is 31.2 Å². The van der Waals surface area contributed by atoms with Crippen LogP contribution in [0.1, 0.15) is 31.9 Å². The molecule has 0 radical (unpaired) electrons. The molecule has 2 unspecified atom stereocenters. The van der Waals surface area contributed by atoms with Crippen LogP contribution in [0.4, 0.5) is 5.69 Å². The second-order valence-corrected chi connectivity index (χ2v) is 7.72. The first-order valence-electron chi connectivity index (χ1n) is 7.26. The molecule has 1 heterocycles. The van der Waals surface area contributed by atoms with Gasteiger partial charge in [0, 0.05) is 11.7 Å². The van der Waals surface area contributed by atoms with E-state index in [0.717, 1.165) is 12.1 Å². The van der Waals surface area contributed by atoms with E-state index in [1.165, 1.54) is 0 Å². The Balaban J connectivity index is 2.03. The standard InChI is InChI=1S/C15H22N2O3S/c1-3-16-11(2)12-5-4-6-14(9-12)17-15(18)13-7-8-21(19,20)10-13/h4-6,9,11,13,16H,3,7-8,10H2,1-2H3,(H,17,18). The number of carbonyl (C=O) groups is 1. The van der Waals surface area contributed by atoms with Gasteiger partial charge in [0.2, 0.25) is 5.91 Å². The minimum atomic E-state index is -3.03. The molecule has 6 heteroatoms. The molecule has 1 aliphatic rings. The largest absolute Gasteiger partial charge is 0.326 e. The number of carbonyl (C=O) groups excluding carboxylic acids is 1. The Morgan fingerprint density at radius 2 is 2.19 bits per heavy atom. The van der Waals surface area contributed by atoms with E-state index in [4.69, 9.17) is 0 Å². The van der Waals surface area contributed by atoms with Gasteiger partial charge in [-0.25, -0.2) is 8.42 Å². The highest BCUT2D eigenvalue weighted by Crippen LogP contribution is 2.22. The van der Waals surface area contributed by atoms with Crippen LogP contribution >= 0.6 is 0 Å². The number of amides is 1. The van der Waals surface area contributed by atoms with Crippen LogP contribution in [0.2, 0.25) is 0 Å². The summed E-state index contributed by atoms with van der Waals surface area (Å²) in [7, 11) is -3.03. The summed E-state index contributed by atoms with van der Waals surface area (Å²) in [4.78, 5) is 12.1. The van der Waals surface area contributed by atoms with E-state index in [0.29, 0.717) is 12.1 Å². The predicted octanol–water partition coefficient (Wildman–Crippen LogP) is 1.73. The van der Waals surface area contributed by atoms with Crippen LogP contribution < -0.4 is 10.6 Å². The lowest BCUT2D eigenvalue weighted by Gasteiger charge is -2.15. The number of hydrogen-bond donors (Lipinski definition) is 2. The van der Waals surface area contributed by atoms with Crippen LogP contribution in [-0.4, -0.2) is 32.4 Å². The molecule has 0 aromatic heterocycles. The average Bonchev–Trinajstić information content (AvgIpc) is 2.80. The van der Waals surface area contributed by atoms with Gasteiger partial charge in [0.15, 0.2) is 9.84 Å². The summed E-state index contributed by atoms with van der Waals surface area (Å²) in [6.07, 6.45) is 0.418. The zero-order valence-electron chi connectivity index (χ0n) is 12.4. The molecular formula is C15H22N2O3S. The molecule has 0 spiro atoms. The molecule has 1 fully saturated rings. The molecule has 0 aliphatic carbocycles. The van der Waals surface area contributed by atoms with Crippen molar-refractivity contribution >= 4 is 21.4 Å². The van der Waals surface area contributed by atoms with Crippen molar-refractivity contribution in [2.24, 2.45) is 5.92 Å². The number of hydrogen-bond acceptors (Lipinski definition) is 4. The summed E-state index contributed by atoms with van der Waals surface area (Å²) >= 11 is 0. The first kappa shape index (κ1) is 16.0. The molecule has 0 bridgehead atoms. The smallest absolute Gasteiger partial charge is 0.228 e. The molecule has 116 valence electrons. The maximum absolute atomic E-state index is 12.1. The fourth-order valence-corrected chi connectivity index (χ4v) is 4.30. The van der Waals surface area contributed by atoms with Crippen molar-refractivity contribution < 1.29 is 13.2 Å². The summed E-state index contributed by atoms with van der Waals surface area (Å²) in [6.45, 7) is 4.98. The number of sulfone groups is 1. The molecule has 1 aromatic carbocycles. The fraction of sp³-hybridized carbons (Fsp3) is 0.533. The minimum absolute atomic E-state index is 0.0354. The quantitative estimate of drug-likeness (QED) is 0.868. The SMILES string of the molecule is CCNC(C)c1cccc(NC(=O)C2CCS(=O)(=O)C2)c1. The summed E-state index contributed by atoms with van der Waals surface area (Å²) < 4.78 is 22.8. The van der Waals surface area contributed by atoms with E-state index < -0.39 is 15.8 Å². The lowest BCUT2D eigenvalue weighted by molar-refractivity contribution is -0.119. The van der Waals surface area contributed by atoms with Crippen LogP contribution in [0.3, 0.4) is 0 Å². The molecule has 1 aliphatic heterocycles. The van der Waals surface area contributed by atoms with Gasteiger partial charge in [-0.15, -0.1) is 0 Å². The molecular weight excluding hydrogens is 288 g/mol. The summed E-state index contributed by atoms with van der Waals surface area (Å²) in [6, 6.07) is 7.85. The van der Waals surface area contributed by atoms with E-state index >= 15 is 0 Å². The van der Waals surface area contributed by atoms with Crippen LogP contribution in [0.15, 0.2) is 24.3 Å². The molecule has 2 rings (SSSR count). The van der Waals surface area contributed by atoms with Crippen molar-refractivity contribution in [3.05, 3.63) is 29.8 Å². The highest BCUT2D eigenvalue weighted by molar-refractivity contribution is 7.91. The molecule has 5 nitrogen and oxygen atoms in total. The third-order valence-corrected chi connectivity index (χ3v) is 5.54. The van der Waals surface area contributed by atoms with Crippen LogP contribution in [0.5, 0.6) is 0 Å². The van der Waals surface area contributed by atoms with Crippen molar-refractivity contribution in [3.8, 4) is 0 Å². The molecule has 21 heavy (non-hydrogen) atoms. The van der Waals surface area contributed by atoms with Gasteiger partial charge in [-0.05, 0) is 37.6 Å². The van der Waals surface area contributed by atoms with Gasteiger partial charge in [0.25, 0.3) is 0 Å². The number of rotatable bonds is 5. The Morgan fingerprint density at radius 3 is 2.81 bits per heavy atom. The highest BCUT2D eigenvalue weighted by atomic mass is 32.2. The average molecular weight is 310 g/mol. The normalized spacial score (nSPS) is 21.9. The highest BCUT2D eigenvalue weighted by Gasteiger charge is 2.32. The zero-order valence-corrected chi connectivity index (χ0v) is 13.2. The summed E-state index contributed by atoms with van der Waals surface area (Å²) in [5.41, 5.74) is 1.81. The van der Waals surface area contributed by atoms with E-state index in [2.05, 4.69) is 17.6 Å². The predicted molar refractivity (Wildman–Crippen MR) is 83.9 cm³/mol. The van der Waals surface area contributed by atoms with Crippen LogP contribution in [0.25, 0.3) is 0 Å². The molecule has 2 atom stereocenters. The van der Waals surface area contributed by atoms with Gasteiger partial charge in [0.05, 0.1) is 17.4 Å². The van der Waals surface area contributed by atoms with Crippen molar-refractivity contribution in [2.45, 2.75) is 26.3 Å². The van der Waals surface area contributed by atoms with Gasteiger partial charge >= 0.3 is 0 Å². The second kappa shape index (κ2) is 6.58. The van der Waals surface area contributed by atoms with E-state index in [-0.39, 0.29) is 23.5 Å². The molecule has 0 saturated carbocycles. The van der Waals surface area contributed by atoms with Crippen molar-refractivity contribution in [1.29, 1.82) is 0 Å². The van der Waals surface area contributed by atoms with Crippen LogP contribution in [-0.2, 0) is 14.6 Å². The Morgan fingerprint density at radius 1 is 1.43 bits per heavy atom.